The van der Waals surface area contributed by atoms with Crippen LogP contribution in [-0.2, 0) is 16.6 Å². The van der Waals surface area contributed by atoms with Gasteiger partial charge in [-0.15, -0.1) is 11.3 Å². The molecule has 2 unspecified atom stereocenters. The predicted octanol–water partition coefficient (Wildman–Crippen LogP) is 6.03. The summed E-state index contributed by atoms with van der Waals surface area (Å²) in [6, 6.07) is 9.67. The summed E-state index contributed by atoms with van der Waals surface area (Å²) in [5.74, 6) is 1.05. The number of carbonyl (C=O) groups is 1. The first kappa shape index (κ1) is 26.1. The van der Waals surface area contributed by atoms with E-state index in [9.17, 15) is 4.79 Å². The fraction of sp³-hybridized carbons (Fsp3) is 0.594. The molecule has 1 amide bonds. The number of benzene rings is 1. The number of rotatable bonds is 6. The highest BCUT2D eigenvalue weighted by atomic mass is 32.1. The number of hydrogen-bond donors (Lipinski definition) is 2. The molecule has 1 aromatic carbocycles. The Balaban J connectivity index is 1.32. The van der Waals surface area contributed by atoms with Crippen molar-refractivity contribution in [2.45, 2.75) is 77.7 Å². The Hall–Kier alpha value is -2.15. The van der Waals surface area contributed by atoms with Crippen molar-refractivity contribution in [3.8, 4) is 11.3 Å². The van der Waals surface area contributed by atoms with Crippen molar-refractivity contribution in [1.29, 1.82) is 0 Å². The average molecular weight is 533 g/mol. The quantitative estimate of drug-likeness (QED) is 0.408. The molecule has 2 saturated heterocycles. The molecule has 38 heavy (non-hydrogen) atoms. The first-order chi connectivity index (χ1) is 18.3. The van der Waals surface area contributed by atoms with Gasteiger partial charge in [-0.25, -0.2) is 0 Å². The second-order valence-electron chi connectivity index (χ2n) is 12.6. The molecule has 2 aliphatic heterocycles. The van der Waals surface area contributed by atoms with E-state index in [4.69, 9.17) is 0 Å². The van der Waals surface area contributed by atoms with Crippen LogP contribution in [-0.4, -0.2) is 66.0 Å². The second kappa shape index (κ2) is 10.4. The topological polar surface area (TPSA) is 51.4 Å². The van der Waals surface area contributed by atoms with E-state index in [0.29, 0.717) is 11.9 Å². The molecular formula is C32H44N4OS. The number of aromatic amines is 1. The molecule has 0 bridgehead atoms. The lowest BCUT2D eigenvalue weighted by Gasteiger charge is -2.50. The highest BCUT2D eigenvalue weighted by Crippen LogP contribution is 2.44. The largest absolute Gasteiger partial charge is 0.346 e. The van der Waals surface area contributed by atoms with E-state index in [0.717, 1.165) is 51.6 Å². The first-order valence-electron chi connectivity index (χ1n) is 14.8. The Bertz CT molecular complexity index is 1290. The molecule has 5 nitrogen and oxygen atoms in total. The van der Waals surface area contributed by atoms with Crippen molar-refractivity contribution in [2.24, 2.45) is 5.92 Å². The summed E-state index contributed by atoms with van der Waals surface area (Å²) in [5.41, 5.74) is 6.03. The van der Waals surface area contributed by atoms with Crippen molar-refractivity contribution in [1.82, 2.24) is 20.1 Å². The number of likely N-dealkylation sites (tertiary alicyclic amines) is 1. The molecule has 4 heterocycles. The third-order valence-corrected chi connectivity index (χ3v) is 10.7. The molecule has 6 heteroatoms. The SMILES string of the molecule is Cc1cc(C)cc(-c2[nH]c3sc(C(C)(C)C(=O)N4CC5CCCCCC54)cc3c2CCN2CCNCC2)c1. The van der Waals surface area contributed by atoms with Crippen LogP contribution in [0.4, 0.5) is 0 Å². The zero-order valence-corrected chi connectivity index (χ0v) is 24.5. The highest BCUT2D eigenvalue weighted by Gasteiger charge is 2.47. The number of amides is 1. The van der Waals surface area contributed by atoms with Gasteiger partial charge in [0, 0.05) is 55.6 Å². The molecule has 3 fully saturated rings. The van der Waals surface area contributed by atoms with Crippen molar-refractivity contribution in [3.63, 3.8) is 0 Å². The van der Waals surface area contributed by atoms with Gasteiger partial charge in [0.1, 0.15) is 4.83 Å². The van der Waals surface area contributed by atoms with E-state index < -0.39 is 5.41 Å². The summed E-state index contributed by atoms with van der Waals surface area (Å²) in [6.45, 7) is 15.1. The highest BCUT2D eigenvalue weighted by molar-refractivity contribution is 7.19. The number of nitrogens with one attached hydrogen (secondary N) is 2. The molecule has 2 aromatic heterocycles. The van der Waals surface area contributed by atoms with Gasteiger partial charge in [-0.05, 0) is 82.2 Å². The van der Waals surface area contributed by atoms with Crippen molar-refractivity contribution in [2.75, 3.05) is 39.3 Å². The van der Waals surface area contributed by atoms with Crippen LogP contribution in [0.25, 0.3) is 21.5 Å². The molecule has 3 aliphatic rings. The minimum atomic E-state index is -0.502. The molecule has 1 aliphatic carbocycles. The number of nitrogens with zero attached hydrogens (tertiary/aromatic N) is 2. The van der Waals surface area contributed by atoms with Crippen LogP contribution in [0.3, 0.4) is 0 Å². The van der Waals surface area contributed by atoms with Gasteiger partial charge in [-0.1, -0.05) is 36.5 Å². The fourth-order valence-electron chi connectivity index (χ4n) is 7.11. The Morgan fingerprint density at radius 3 is 2.53 bits per heavy atom. The maximum atomic E-state index is 13.9. The van der Waals surface area contributed by atoms with Crippen LogP contribution in [0.5, 0.6) is 0 Å². The van der Waals surface area contributed by atoms with E-state index in [1.165, 1.54) is 75.1 Å². The predicted molar refractivity (Wildman–Crippen MR) is 159 cm³/mol. The van der Waals surface area contributed by atoms with Crippen LogP contribution in [0, 0.1) is 19.8 Å². The monoisotopic (exact) mass is 532 g/mol. The number of H-pyrrole nitrogens is 1. The number of piperazine rings is 1. The van der Waals surface area contributed by atoms with E-state index in [1.54, 1.807) is 11.3 Å². The smallest absolute Gasteiger partial charge is 0.233 e. The lowest BCUT2D eigenvalue weighted by atomic mass is 9.80. The summed E-state index contributed by atoms with van der Waals surface area (Å²) in [7, 11) is 0. The number of aromatic nitrogens is 1. The van der Waals surface area contributed by atoms with E-state index >= 15 is 0 Å². The summed E-state index contributed by atoms with van der Waals surface area (Å²) in [4.78, 5) is 24.9. The zero-order chi connectivity index (χ0) is 26.4. The normalized spacial score (nSPS) is 22.8. The minimum Gasteiger partial charge on any atom is -0.346 e. The third-order valence-electron chi connectivity index (χ3n) is 9.36. The third kappa shape index (κ3) is 4.84. The van der Waals surface area contributed by atoms with Gasteiger partial charge in [-0.2, -0.15) is 0 Å². The number of thiophene rings is 1. The van der Waals surface area contributed by atoms with Gasteiger partial charge in [0.05, 0.1) is 11.1 Å². The Morgan fingerprint density at radius 1 is 1.03 bits per heavy atom. The average Bonchev–Trinajstić information content (AvgIpc) is 3.39. The van der Waals surface area contributed by atoms with Gasteiger partial charge in [0.15, 0.2) is 0 Å². The summed E-state index contributed by atoms with van der Waals surface area (Å²) >= 11 is 1.79. The maximum Gasteiger partial charge on any atom is 0.233 e. The van der Waals surface area contributed by atoms with E-state index in [2.05, 4.69) is 72.1 Å². The number of carbonyl (C=O) groups excluding carboxylic acids is 1. The van der Waals surface area contributed by atoms with Crippen LogP contribution < -0.4 is 5.32 Å². The molecule has 204 valence electrons. The van der Waals surface area contributed by atoms with Crippen molar-refractivity contribution in [3.05, 3.63) is 45.8 Å². The van der Waals surface area contributed by atoms with E-state index in [1.807, 2.05) is 0 Å². The number of aryl methyl sites for hydroxylation is 2. The summed E-state index contributed by atoms with van der Waals surface area (Å²) in [5, 5.41) is 4.79. The van der Waals surface area contributed by atoms with Crippen molar-refractivity contribution >= 4 is 27.5 Å². The number of fused-ring (bicyclic) bond motifs is 2. The van der Waals surface area contributed by atoms with Gasteiger partial charge >= 0.3 is 0 Å². The van der Waals surface area contributed by atoms with Gasteiger partial charge in [0.2, 0.25) is 5.91 Å². The summed E-state index contributed by atoms with van der Waals surface area (Å²) < 4.78 is 0. The van der Waals surface area contributed by atoms with Crippen LogP contribution in [0.15, 0.2) is 24.3 Å². The van der Waals surface area contributed by atoms with Crippen LogP contribution in [0.2, 0.25) is 0 Å². The van der Waals surface area contributed by atoms with Gasteiger partial charge in [0.25, 0.3) is 0 Å². The molecule has 2 atom stereocenters. The lowest BCUT2D eigenvalue weighted by Crippen LogP contribution is -2.61. The molecule has 3 aromatic rings. The van der Waals surface area contributed by atoms with Gasteiger partial charge in [-0.3, -0.25) is 4.79 Å². The Morgan fingerprint density at radius 2 is 1.76 bits per heavy atom. The maximum absolute atomic E-state index is 13.9. The minimum absolute atomic E-state index is 0.321. The fourth-order valence-corrected chi connectivity index (χ4v) is 8.29. The molecule has 6 rings (SSSR count). The second-order valence-corrected chi connectivity index (χ2v) is 13.7. The molecule has 0 spiro atoms. The number of hydrogen-bond acceptors (Lipinski definition) is 4. The van der Waals surface area contributed by atoms with Gasteiger partial charge < -0.3 is 20.1 Å². The Kier molecular flexibility index (Phi) is 7.17. The molecule has 0 radical (unpaired) electrons. The zero-order valence-electron chi connectivity index (χ0n) is 23.7. The van der Waals surface area contributed by atoms with Crippen LogP contribution >= 0.6 is 11.3 Å². The Labute approximate surface area is 232 Å². The van der Waals surface area contributed by atoms with Crippen molar-refractivity contribution < 1.29 is 4.79 Å². The molecule has 2 N–H and O–H groups in total. The molecular weight excluding hydrogens is 488 g/mol. The molecule has 1 saturated carbocycles. The van der Waals surface area contributed by atoms with Crippen LogP contribution in [0.1, 0.15) is 67.5 Å². The summed E-state index contributed by atoms with van der Waals surface area (Å²) in [6.07, 6.45) is 7.44. The standard InChI is InChI=1S/C32H44N4OS/c1-21-16-22(2)18-24(17-21)29-25(10-13-35-14-11-33-12-15-35)26-19-28(38-30(26)34-29)32(3,4)31(37)36-20-23-8-6-5-7-9-27(23)36/h16-19,23,27,33-34H,5-15,20H2,1-4H3. The lowest BCUT2D eigenvalue weighted by molar-refractivity contribution is -0.149. The first-order valence-corrected chi connectivity index (χ1v) is 15.6. The van der Waals surface area contributed by atoms with E-state index in [-0.39, 0.29) is 0 Å².